The molecule has 7 heteroatoms. The van der Waals surface area contributed by atoms with Crippen LogP contribution in [0, 0.1) is 6.92 Å². The molecule has 0 heterocycles. The first-order valence-electron chi connectivity index (χ1n) is 7.39. The van der Waals surface area contributed by atoms with Crippen molar-refractivity contribution < 1.29 is 13.2 Å². The van der Waals surface area contributed by atoms with Crippen molar-refractivity contribution in [2.75, 3.05) is 19.4 Å². The van der Waals surface area contributed by atoms with E-state index in [1.807, 2.05) is 37.3 Å². The van der Waals surface area contributed by atoms with E-state index in [-0.39, 0.29) is 4.90 Å². The molecule has 130 valence electrons. The van der Waals surface area contributed by atoms with Crippen LogP contribution in [0.25, 0.3) is 0 Å². The van der Waals surface area contributed by atoms with Crippen LogP contribution in [0.4, 0.5) is 0 Å². The Hall–Kier alpha value is -1.21. The van der Waals surface area contributed by atoms with Crippen LogP contribution in [0.3, 0.4) is 0 Å². The number of rotatable bonds is 8. The molecule has 2 aromatic carbocycles. The summed E-state index contributed by atoms with van der Waals surface area (Å²) in [5.74, 6) is 1.84. The lowest BCUT2D eigenvalue weighted by Crippen LogP contribution is -2.26. The van der Waals surface area contributed by atoms with Crippen LogP contribution in [-0.4, -0.2) is 27.8 Å². The quantitative estimate of drug-likeness (QED) is 0.701. The van der Waals surface area contributed by atoms with Crippen LogP contribution < -0.4 is 9.46 Å². The highest BCUT2D eigenvalue weighted by Gasteiger charge is 2.18. The number of hydrogen-bond acceptors (Lipinski definition) is 4. The fraction of sp³-hybridized carbons (Fsp3) is 0.294. The summed E-state index contributed by atoms with van der Waals surface area (Å²) >= 11 is 7.51. The number of aryl methyl sites for hydroxylation is 1. The fourth-order valence-electron chi connectivity index (χ4n) is 2.09. The zero-order valence-electron chi connectivity index (χ0n) is 13.6. The molecule has 0 aliphatic rings. The Bertz CT molecular complexity index is 777. The minimum Gasteiger partial charge on any atom is -0.495 e. The Labute approximate surface area is 152 Å². The number of thioether (sulfide) groups is 1. The minimum atomic E-state index is -3.58. The number of nitrogens with one attached hydrogen (secondary N) is 1. The first-order valence-corrected chi connectivity index (χ1v) is 10.4. The Balaban J connectivity index is 1.87. The maximum absolute atomic E-state index is 12.4. The predicted octanol–water partition coefficient (Wildman–Crippen LogP) is 3.87. The molecular weight excluding hydrogens is 366 g/mol. The summed E-state index contributed by atoms with van der Waals surface area (Å²) in [6, 6.07) is 12.7. The predicted molar refractivity (Wildman–Crippen MR) is 101 cm³/mol. The standard InChI is InChI=1S/C17H20ClNO3S2/c1-13-3-8-16(22-2)17(11-13)24(20,21)19-9-10-23-12-14-4-6-15(18)7-5-14/h3-8,11,19H,9-10,12H2,1-2H3. The minimum absolute atomic E-state index is 0.174. The second kappa shape index (κ2) is 8.76. The molecule has 0 radical (unpaired) electrons. The van der Waals surface area contributed by atoms with Crippen LogP contribution in [0.2, 0.25) is 5.02 Å². The van der Waals surface area contributed by atoms with Crippen molar-refractivity contribution in [3.63, 3.8) is 0 Å². The first kappa shape index (κ1) is 19.1. The van der Waals surface area contributed by atoms with Crippen molar-refractivity contribution in [1.29, 1.82) is 0 Å². The number of hydrogen-bond donors (Lipinski definition) is 1. The molecule has 0 atom stereocenters. The molecule has 1 N–H and O–H groups in total. The van der Waals surface area contributed by atoms with Gasteiger partial charge in [-0.1, -0.05) is 29.8 Å². The number of benzene rings is 2. The van der Waals surface area contributed by atoms with E-state index < -0.39 is 10.0 Å². The average Bonchev–Trinajstić information content (AvgIpc) is 2.56. The molecular formula is C17H20ClNO3S2. The molecule has 0 fully saturated rings. The van der Waals surface area contributed by atoms with Crippen LogP contribution in [0.15, 0.2) is 47.4 Å². The summed E-state index contributed by atoms with van der Waals surface area (Å²) in [6.07, 6.45) is 0. The first-order chi connectivity index (χ1) is 11.4. The molecule has 2 aromatic rings. The highest BCUT2D eigenvalue weighted by molar-refractivity contribution is 7.98. The zero-order valence-corrected chi connectivity index (χ0v) is 16.0. The van der Waals surface area contributed by atoms with Gasteiger partial charge in [0, 0.05) is 23.1 Å². The highest BCUT2D eigenvalue weighted by Crippen LogP contribution is 2.24. The third-order valence-corrected chi connectivity index (χ3v) is 6.09. The molecule has 0 bridgehead atoms. The fourth-order valence-corrected chi connectivity index (χ4v) is 4.45. The smallest absolute Gasteiger partial charge is 0.244 e. The molecule has 0 spiro atoms. The van der Waals surface area contributed by atoms with Crippen LogP contribution in [-0.2, 0) is 15.8 Å². The molecule has 0 unspecified atom stereocenters. The highest BCUT2D eigenvalue weighted by atomic mass is 35.5. The summed E-state index contributed by atoms with van der Waals surface area (Å²) in [7, 11) is -2.12. The lowest BCUT2D eigenvalue weighted by molar-refractivity contribution is 0.402. The summed E-state index contributed by atoms with van der Waals surface area (Å²) in [6.45, 7) is 2.21. The van der Waals surface area contributed by atoms with Gasteiger partial charge < -0.3 is 4.74 Å². The maximum Gasteiger partial charge on any atom is 0.244 e. The van der Waals surface area contributed by atoms with Gasteiger partial charge in [0.25, 0.3) is 0 Å². The maximum atomic E-state index is 12.4. The zero-order chi connectivity index (χ0) is 17.6. The van der Waals surface area contributed by atoms with Gasteiger partial charge in [0.05, 0.1) is 7.11 Å². The molecule has 4 nitrogen and oxygen atoms in total. The van der Waals surface area contributed by atoms with Crippen LogP contribution >= 0.6 is 23.4 Å². The molecule has 2 rings (SSSR count). The van der Waals surface area contributed by atoms with Gasteiger partial charge in [-0.15, -0.1) is 0 Å². The van der Waals surface area contributed by atoms with Gasteiger partial charge in [0.1, 0.15) is 10.6 Å². The number of methoxy groups -OCH3 is 1. The van der Waals surface area contributed by atoms with Crippen LogP contribution in [0.5, 0.6) is 5.75 Å². The number of halogens is 1. The van der Waals surface area contributed by atoms with Gasteiger partial charge >= 0.3 is 0 Å². The lowest BCUT2D eigenvalue weighted by Gasteiger charge is -2.11. The van der Waals surface area contributed by atoms with E-state index >= 15 is 0 Å². The lowest BCUT2D eigenvalue weighted by atomic mass is 10.2. The Kier molecular flexibility index (Phi) is 6.98. The second-order valence-electron chi connectivity index (χ2n) is 5.23. The van der Waals surface area contributed by atoms with E-state index in [1.165, 1.54) is 7.11 Å². The summed E-state index contributed by atoms with van der Waals surface area (Å²) in [4.78, 5) is 0.174. The van der Waals surface area contributed by atoms with E-state index in [4.69, 9.17) is 16.3 Å². The molecule has 0 aliphatic heterocycles. The van der Waals surface area contributed by atoms with Gasteiger partial charge in [-0.05, 0) is 42.3 Å². The van der Waals surface area contributed by atoms with Crippen molar-refractivity contribution in [2.45, 2.75) is 17.6 Å². The van der Waals surface area contributed by atoms with Crippen molar-refractivity contribution in [2.24, 2.45) is 0 Å². The topological polar surface area (TPSA) is 55.4 Å². The van der Waals surface area contributed by atoms with Crippen molar-refractivity contribution >= 4 is 33.4 Å². The molecule has 24 heavy (non-hydrogen) atoms. The van der Waals surface area contributed by atoms with Crippen molar-refractivity contribution in [3.8, 4) is 5.75 Å². The van der Waals surface area contributed by atoms with Gasteiger partial charge in [0.2, 0.25) is 10.0 Å². The van der Waals surface area contributed by atoms with Gasteiger partial charge in [-0.3, -0.25) is 0 Å². The van der Waals surface area contributed by atoms with E-state index in [9.17, 15) is 8.42 Å². The SMILES string of the molecule is COc1ccc(C)cc1S(=O)(=O)NCCSCc1ccc(Cl)cc1. The summed E-state index contributed by atoms with van der Waals surface area (Å²) in [5.41, 5.74) is 2.03. The van der Waals surface area contributed by atoms with Crippen molar-refractivity contribution in [3.05, 3.63) is 58.6 Å². The number of sulfonamides is 1. The average molecular weight is 386 g/mol. The largest absolute Gasteiger partial charge is 0.495 e. The Morgan fingerprint density at radius 1 is 1.17 bits per heavy atom. The third kappa shape index (κ3) is 5.41. The Morgan fingerprint density at radius 3 is 2.54 bits per heavy atom. The third-order valence-electron chi connectivity index (χ3n) is 3.33. The monoisotopic (exact) mass is 385 g/mol. The molecule has 0 amide bonds. The van der Waals surface area contributed by atoms with Crippen LogP contribution in [0.1, 0.15) is 11.1 Å². The van der Waals surface area contributed by atoms with Gasteiger partial charge in [-0.2, -0.15) is 11.8 Å². The van der Waals surface area contributed by atoms with E-state index in [2.05, 4.69) is 4.72 Å². The molecule has 0 saturated heterocycles. The molecule has 0 aromatic heterocycles. The number of ether oxygens (including phenoxy) is 1. The van der Waals surface area contributed by atoms with E-state index in [1.54, 1.807) is 23.9 Å². The summed E-state index contributed by atoms with van der Waals surface area (Å²) < 4.78 is 32.6. The normalized spacial score (nSPS) is 11.5. The summed E-state index contributed by atoms with van der Waals surface area (Å²) in [5, 5.41) is 0.712. The molecule has 0 aliphatic carbocycles. The molecule has 0 saturated carbocycles. The van der Waals surface area contributed by atoms with Gasteiger partial charge in [0.15, 0.2) is 0 Å². The van der Waals surface area contributed by atoms with E-state index in [0.717, 1.165) is 16.9 Å². The van der Waals surface area contributed by atoms with Gasteiger partial charge in [-0.25, -0.2) is 13.1 Å². The Morgan fingerprint density at radius 2 is 1.88 bits per heavy atom. The van der Waals surface area contributed by atoms with E-state index in [0.29, 0.717) is 23.1 Å². The van der Waals surface area contributed by atoms with Crippen molar-refractivity contribution in [1.82, 2.24) is 4.72 Å². The second-order valence-corrected chi connectivity index (χ2v) is 8.51.